The quantitative estimate of drug-likeness (QED) is 0.737. The predicted molar refractivity (Wildman–Crippen MR) is 60.9 cm³/mol. The molecule has 0 bridgehead atoms. The van der Waals surface area contributed by atoms with E-state index in [0.29, 0.717) is 6.10 Å². The summed E-state index contributed by atoms with van der Waals surface area (Å²) in [6, 6.07) is 7.75. The molecule has 1 aromatic rings. The maximum atomic E-state index is 5.89. The molecule has 0 saturated carbocycles. The van der Waals surface area contributed by atoms with Crippen LogP contribution in [-0.4, -0.2) is 19.2 Å². The van der Waals surface area contributed by atoms with Crippen LogP contribution in [0.3, 0.4) is 0 Å². The Bertz CT molecular complexity index is 361. The van der Waals surface area contributed by atoms with Crippen molar-refractivity contribution in [3.05, 3.63) is 29.8 Å². The molecule has 78 valence electrons. The lowest BCUT2D eigenvalue weighted by Gasteiger charge is -2.24. The molecular formula is C13H15NO. The standard InChI is InChI=1S/C13H15NO/c1-2-11-5-3-4-6-13(11)15-12-7-9-14-10-8-12/h1,3-6,12,14H,7-10H2. The minimum Gasteiger partial charge on any atom is -0.489 e. The Hall–Kier alpha value is -1.46. The fourth-order valence-electron chi connectivity index (χ4n) is 1.78. The Morgan fingerprint density at radius 1 is 1.27 bits per heavy atom. The lowest BCUT2D eigenvalue weighted by molar-refractivity contribution is 0.162. The fraction of sp³-hybridized carbons (Fsp3) is 0.385. The largest absolute Gasteiger partial charge is 0.489 e. The van der Waals surface area contributed by atoms with Crippen molar-refractivity contribution < 1.29 is 4.74 Å². The van der Waals surface area contributed by atoms with Gasteiger partial charge in [0.25, 0.3) is 0 Å². The van der Waals surface area contributed by atoms with Crippen molar-refractivity contribution in [1.29, 1.82) is 0 Å². The van der Waals surface area contributed by atoms with Crippen LogP contribution >= 0.6 is 0 Å². The minimum atomic E-state index is 0.306. The molecule has 0 amide bonds. The average Bonchev–Trinajstić information content (AvgIpc) is 2.31. The van der Waals surface area contributed by atoms with E-state index in [1.165, 1.54) is 0 Å². The Morgan fingerprint density at radius 3 is 2.73 bits per heavy atom. The van der Waals surface area contributed by atoms with Crippen LogP contribution in [0.25, 0.3) is 0 Å². The Labute approximate surface area is 90.6 Å². The Kier molecular flexibility index (Phi) is 3.26. The number of piperidine rings is 1. The van der Waals surface area contributed by atoms with Crippen molar-refractivity contribution in [1.82, 2.24) is 5.32 Å². The second-order valence-electron chi connectivity index (χ2n) is 3.71. The zero-order valence-electron chi connectivity index (χ0n) is 8.70. The van der Waals surface area contributed by atoms with Crippen molar-refractivity contribution >= 4 is 0 Å². The van der Waals surface area contributed by atoms with Crippen LogP contribution in [-0.2, 0) is 0 Å². The van der Waals surface area contributed by atoms with Gasteiger partial charge >= 0.3 is 0 Å². The van der Waals surface area contributed by atoms with Crippen molar-refractivity contribution in [3.8, 4) is 18.1 Å². The van der Waals surface area contributed by atoms with E-state index in [-0.39, 0.29) is 0 Å². The van der Waals surface area contributed by atoms with E-state index in [0.717, 1.165) is 37.2 Å². The number of hydrogen-bond acceptors (Lipinski definition) is 2. The average molecular weight is 201 g/mol. The van der Waals surface area contributed by atoms with E-state index in [2.05, 4.69) is 11.2 Å². The Balaban J connectivity index is 2.06. The zero-order valence-corrected chi connectivity index (χ0v) is 8.70. The first-order valence-corrected chi connectivity index (χ1v) is 5.33. The van der Waals surface area contributed by atoms with Gasteiger partial charge in [0.15, 0.2) is 0 Å². The van der Waals surface area contributed by atoms with Crippen LogP contribution in [0.5, 0.6) is 5.75 Å². The summed E-state index contributed by atoms with van der Waals surface area (Å²) >= 11 is 0. The summed E-state index contributed by atoms with van der Waals surface area (Å²) < 4.78 is 5.89. The summed E-state index contributed by atoms with van der Waals surface area (Å²) in [6.07, 6.45) is 7.83. The highest BCUT2D eigenvalue weighted by Crippen LogP contribution is 2.20. The molecule has 0 spiro atoms. The number of nitrogens with one attached hydrogen (secondary N) is 1. The number of ether oxygens (including phenoxy) is 1. The van der Waals surface area contributed by atoms with Gasteiger partial charge < -0.3 is 10.1 Å². The van der Waals surface area contributed by atoms with E-state index in [4.69, 9.17) is 11.2 Å². The summed E-state index contributed by atoms with van der Waals surface area (Å²) in [4.78, 5) is 0. The number of hydrogen-bond donors (Lipinski definition) is 1. The monoisotopic (exact) mass is 201 g/mol. The predicted octanol–water partition coefficient (Wildman–Crippen LogP) is 1.80. The first kappa shape index (κ1) is 10.1. The molecule has 0 unspecified atom stereocenters. The van der Waals surface area contributed by atoms with E-state index >= 15 is 0 Å². The highest BCUT2D eigenvalue weighted by atomic mass is 16.5. The van der Waals surface area contributed by atoms with E-state index in [1.807, 2.05) is 24.3 Å². The maximum absolute atomic E-state index is 5.89. The molecule has 1 fully saturated rings. The van der Waals surface area contributed by atoms with Crippen LogP contribution in [0.1, 0.15) is 18.4 Å². The van der Waals surface area contributed by atoms with Gasteiger partial charge in [-0.3, -0.25) is 0 Å². The molecule has 1 N–H and O–H groups in total. The number of terminal acetylenes is 1. The van der Waals surface area contributed by atoms with Gasteiger partial charge in [-0.1, -0.05) is 18.1 Å². The molecule has 2 heteroatoms. The van der Waals surface area contributed by atoms with E-state index in [1.54, 1.807) is 0 Å². The molecule has 0 aromatic heterocycles. The van der Waals surface area contributed by atoms with Crippen LogP contribution in [0, 0.1) is 12.3 Å². The lowest BCUT2D eigenvalue weighted by atomic mass is 10.1. The van der Waals surface area contributed by atoms with Crippen molar-refractivity contribution in [2.75, 3.05) is 13.1 Å². The number of benzene rings is 1. The third-order valence-corrected chi connectivity index (χ3v) is 2.62. The van der Waals surface area contributed by atoms with Crippen LogP contribution in [0.4, 0.5) is 0 Å². The van der Waals surface area contributed by atoms with Gasteiger partial charge in [0.1, 0.15) is 11.9 Å². The van der Waals surface area contributed by atoms with Gasteiger partial charge in [0, 0.05) is 0 Å². The highest BCUT2D eigenvalue weighted by Gasteiger charge is 2.15. The molecule has 2 nitrogen and oxygen atoms in total. The molecule has 1 aliphatic heterocycles. The third-order valence-electron chi connectivity index (χ3n) is 2.62. The summed E-state index contributed by atoms with van der Waals surface area (Å²) in [6.45, 7) is 2.06. The second kappa shape index (κ2) is 4.86. The highest BCUT2D eigenvalue weighted by molar-refractivity contribution is 5.44. The molecule has 2 rings (SSSR count). The van der Waals surface area contributed by atoms with Gasteiger partial charge in [0.05, 0.1) is 5.56 Å². The van der Waals surface area contributed by atoms with Crippen molar-refractivity contribution in [2.24, 2.45) is 0 Å². The van der Waals surface area contributed by atoms with Crippen molar-refractivity contribution in [2.45, 2.75) is 18.9 Å². The van der Waals surface area contributed by atoms with Gasteiger partial charge in [-0.05, 0) is 38.1 Å². The number of para-hydroxylation sites is 1. The van der Waals surface area contributed by atoms with E-state index < -0.39 is 0 Å². The summed E-state index contributed by atoms with van der Waals surface area (Å²) in [5.74, 6) is 3.48. The Morgan fingerprint density at radius 2 is 2.00 bits per heavy atom. The lowest BCUT2D eigenvalue weighted by Crippen LogP contribution is -2.34. The zero-order chi connectivity index (χ0) is 10.5. The summed E-state index contributed by atoms with van der Waals surface area (Å²) in [7, 11) is 0. The molecule has 1 aromatic carbocycles. The fourth-order valence-corrected chi connectivity index (χ4v) is 1.78. The van der Waals surface area contributed by atoms with Crippen LogP contribution < -0.4 is 10.1 Å². The van der Waals surface area contributed by atoms with Gasteiger partial charge in [-0.15, -0.1) is 6.42 Å². The van der Waals surface area contributed by atoms with Gasteiger partial charge in [-0.25, -0.2) is 0 Å². The minimum absolute atomic E-state index is 0.306. The molecular weight excluding hydrogens is 186 g/mol. The summed E-state index contributed by atoms with van der Waals surface area (Å²) in [5, 5.41) is 3.31. The van der Waals surface area contributed by atoms with Crippen LogP contribution in [0.15, 0.2) is 24.3 Å². The van der Waals surface area contributed by atoms with Gasteiger partial charge in [0.2, 0.25) is 0 Å². The molecule has 15 heavy (non-hydrogen) atoms. The number of rotatable bonds is 2. The third kappa shape index (κ3) is 2.51. The molecule has 1 saturated heterocycles. The molecule has 1 heterocycles. The summed E-state index contributed by atoms with van der Waals surface area (Å²) in [5.41, 5.74) is 0.844. The first-order chi connectivity index (χ1) is 7.40. The SMILES string of the molecule is C#Cc1ccccc1OC1CCNCC1. The normalized spacial score (nSPS) is 17.0. The van der Waals surface area contributed by atoms with Crippen LogP contribution in [0.2, 0.25) is 0 Å². The smallest absolute Gasteiger partial charge is 0.135 e. The molecule has 1 aliphatic rings. The first-order valence-electron chi connectivity index (χ1n) is 5.33. The molecule has 0 radical (unpaired) electrons. The maximum Gasteiger partial charge on any atom is 0.135 e. The van der Waals surface area contributed by atoms with Crippen molar-refractivity contribution in [3.63, 3.8) is 0 Å². The van der Waals surface area contributed by atoms with E-state index in [9.17, 15) is 0 Å². The molecule has 0 atom stereocenters. The van der Waals surface area contributed by atoms with Gasteiger partial charge in [-0.2, -0.15) is 0 Å². The molecule has 0 aliphatic carbocycles. The second-order valence-corrected chi connectivity index (χ2v) is 3.71. The topological polar surface area (TPSA) is 21.3 Å².